The molecule has 0 radical (unpaired) electrons. The fraction of sp³-hybridized carbons (Fsp3) is 0.100. The average Bonchev–Trinajstić information content (AvgIpc) is 2.50. The second kappa shape index (κ2) is 3.14. The van der Waals surface area contributed by atoms with Gasteiger partial charge in [0.1, 0.15) is 5.82 Å². The summed E-state index contributed by atoms with van der Waals surface area (Å²) in [7, 11) is 0. The van der Waals surface area contributed by atoms with Crippen LogP contribution < -0.4 is 0 Å². The Bertz CT molecular complexity index is 490. The molecule has 4 heteroatoms. The van der Waals surface area contributed by atoms with E-state index in [2.05, 4.69) is 4.98 Å². The van der Waals surface area contributed by atoms with E-state index in [0.29, 0.717) is 11.1 Å². The molecule has 0 atom stereocenters. The van der Waals surface area contributed by atoms with E-state index in [1.54, 1.807) is 12.3 Å². The van der Waals surface area contributed by atoms with Crippen LogP contribution in [0.15, 0.2) is 24.4 Å². The van der Waals surface area contributed by atoms with E-state index < -0.39 is 11.8 Å². The first-order valence-electron chi connectivity index (χ1n) is 4.14. The SMILES string of the molecule is O=C(O)Cc1cc(F)cc2[nH]ccc12. The zero-order valence-corrected chi connectivity index (χ0v) is 7.25. The van der Waals surface area contributed by atoms with E-state index in [1.807, 2.05) is 0 Å². The Labute approximate surface area is 79.2 Å². The van der Waals surface area contributed by atoms with Gasteiger partial charge in [-0.25, -0.2) is 4.39 Å². The minimum Gasteiger partial charge on any atom is -0.481 e. The van der Waals surface area contributed by atoms with Crippen LogP contribution in [0.5, 0.6) is 0 Å². The highest BCUT2D eigenvalue weighted by Crippen LogP contribution is 2.19. The van der Waals surface area contributed by atoms with Crippen molar-refractivity contribution in [1.82, 2.24) is 4.98 Å². The van der Waals surface area contributed by atoms with E-state index in [1.165, 1.54) is 12.1 Å². The number of rotatable bonds is 2. The number of benzene rings is 1. The van der Waals surface area contributed by atoms with Gasteiger partial charge in [-0.1, -0.05) is 0 Å². The van der Waals surface area contributed by atoms with E-state index >= 15 is 0 Å². The zero-order valence-electron chi connectivity index (χ0n) is 7.25. The Morgan fingerprint density at radius 2 is 2.29 bits per heavy atom. The summed E-state index contributed by atoms with van der Waals surface area (Å²) in [6.45, 7) is 0. The molecule has 0 unspecified atom stereocenters. The Kier molecular flexibility index (Phi) is 1.96. The number of aromatic amines is 1. The molecule has 1 aromatic carbocycles. The lowest BCUT2D eigenvalue weighted by Gasteiger charge is -2.00. The Hall–Kier alpha value is -1.84. The first-order valence-corrected chi connectivity index (χ1v) is 4.14. The first kappa shape index (κ1) is 8.74. The highest BCUT2D eigenvalue weighted by atomic mass is 19.1. The third-order valence-electron chi connectivity index (χ3n) is 2.06. The number of nitrogens with one attached hydrogen (secondary N) is 1. The Morgan fingerprint density at radius 1 is 1.50 bits per heavy atom. The van der Waals surface area contributed by atoms with Crippen LogP contribution in [0.3, 0.4) is 0 Å². The number of carboxylic acids is 1. The van der Waals surface area contributed by atoms with Crippen LogP contribution in [0.2, 0.25) is 0 Å². The fourth-order valence-electron chi connectivity index (χ4n) is 1.51. The molecule has 2 aromatic rings. The summed E-state index contributed by atoms with van der Waals surface area (Å²) >= 11 is 0. The molecule has 1 aromatic heterocycles. The Morgan fingerprint density at radius 3 is 3.00 bits per heavy atom. The summed E-state index contributed by atoms with van der Waals surface area (Å²) in [5.74, 6) is -1.38. The van der Waals surface area contributed by atoms with Crippen LogP contribution in [-0.2, 0) is 11.2 Å². The third-order valence-corrected chi connectivity index (χ3v) is 2.06. The zero-order chi connectivity index (χ0) is 10.1. The molecule has 0 fully saturated rings. The quantitative estimate of drug-likeness (QED) is 0.765. The van der Waals surface area contributed by atoms with Crippen molar-refractivity contribution in [2.24, 2.45) is 0 Å². The number of halogens is 1. The molecule has 0 spiro atoms. The molecule has 72 valence electrons. The molecular weight excluding hydrogens is 185 g/mol. The summed E-state index contributed by atoms with van der Waals surface area (Å²) in [6.07, 6.45) is 1.50. The van der Waals surface area contributed by atoms with Gasteiger partial charge in [0.05, 0.1) is 6.42 Å². The van der Waals surface area contributed by atoms with E-state index in [4.69, 9.17) is 5.11 Å². The predicted octanol–water partition coefficient (Wildman–Crippen LogP) is 1.93. The van der Waals surface area contributed by atoms with Crippen molar-refractivity contribution in [2.45, 2.75) is 6.42 Å². The number of hydrogen-bond acceptors (Lipinski definition) is 1. The largest absolute Gasteiger partial charge is 0.481 e. The number of H-pyrrole nitrogens is 1. The van der Waals surface area contributed by atoms with Crippen LogP contribution >= 0.6 is 0 Å². The van der Waals surface area contributed by atoms with Crippen LogP contribution in [-0.4, -0.2) is 16.1 Å². The highest BCUT2D eigenvalue weighted by Gasteiger charge is 2.08. The standard InChI is InChI=1S/C10H8FNO2/c11-7-3-6(4-10(13)14)8-1-2-12-9(8)5-7/h1-3,5,12H,4H2,(H,13,14). The highest BCUT2D eigenvalue weighted by molar-refractivity contribution is 5.86. The van der Waals surface area contributed by atoms with Crippen molar-refractivity contribution >= 4 is 16.9 Å². The molecule has 0 bridgehead atoms. The van der Waals surface area contributed by atoms with Crippen molar-refractivity contribution in [2.75, 3.05) is 0 Å². The third kappa shape index (κ3) is 1.46. The fourth-order valence-corrected chi connectivity index (χ4v) is 1.51. The lowest BCUT2D eigenvalue weighted by Crippen LogP contribution is -2.00. The molecule has 2 N–H and O–H groups in total. The van der Waals surface area contributed by atoms with Gasteiger partial charge in [-0.2, -0.15) is 0 Å². The van der Waals surface area contributed by atoms with Crippen molar-refractivity contribution in [1.29, 1.82) is 0 Å². The van der Waals surface area contributed by atoms with Gasteiger partial charge in [0.15, 0.2) is 0 Å². The predicted molar refractivity (Wildman–Crippen MR) is 49.6 cm³/mol. The molecule has 0 aliphatic rings. The molecule has 2 rings (SSSR count). The number of aliphatic carboxylic acids is 1. The van der Waals surface area contributed by atoms with Crippen molar-refractivity contribution in [3.8, 4) is 0 Å². The Balaban J connectivity index is 2.60. The van der Waals surface area contributed by atoms with Gasteiger partial charge in [-0.05, 0) is 23.8 Å². The summed E-state index contributed by atoms with van der Waals surface area (Å²) in [5, 5.41) is 9.38. The molecule has 0 aliphatic heterocycles. The monoisotopic (exact) mass is 193 g/mol. The van der Waals surface area contributed by atoms with Crippen LogP contribution in [0.1, 0.15) is 5.56 Å². The molecular formula is C10H8FNO2. The van der Waals surface area contributed by atoms with Crippen molar-refractivity contribution < 1.29 is 14.3 Å². The summed E-state index contributed by atoms with van der Waals surface area (Å²) in [5.41, 5.74) is 1.12. The topological polar surface area (TPSA) is 53.1 Å². The molecule has 0 saturated heterocycles. The molecule has 14 heavy (non-hydrogen) atoms. The molecule has 1 heterocycles. The van der Waals surface area contributed by atoms with E-state index in [-0.39, 0.29) is 6.42 Å². The molecule has 0 aliphatic carbocycles. The molecule has 3 nitrogen and oxygen atoms in total. The van der Waals surface area contributed by atoms with Gasteiger partial charge in [0.2, 0.25) is 0 Å². The summed E-state index contributed by atoms with van der Waals surface area (Å²) in [4.78, 5) is 13.4. The van der Waals surface area contributed by atoms with Gasteiger partial charge in [0.25, 0.3) is 0 Å². The normalized spacial score (nSPS) is 10.6. The number of hydrogen-bond donors (Lipinski definition) is 2. The number of carbonyl (C=O) groups is 1. The van der Waals surface area contributed by atoms with Gasteiger partial charge >= 0.3 is 5.97 Å². The lowest BCUT2D eigenvalue weighted by atomic mass is 10.1. The first-order chi connectivity index (χ1) is 6.66. The maximum atomic E-state index is 13.0. The second-order valence-electron chi connectivity index (χ2n) is 3.07. The van der Waals surface area contributed by atoms with Crippen molar-refractivity contribution in [3.63, 3.8) is 0 Å². The maximum Gasteiger partial charge on any atom is 0.307 e. The number of carboxylic acid groups (broad SMARTS) is 1. The van der Waals surface area contributed by atoms with Gasteiger partial charge in [0, 0.05) is 17.1 Å². The van der Waals surface area contributed by atoms with E-state index in [0.717, 1.165) is 5.39 Å². The number of aromatic nitrogens is 1. The minimum absolute atomic E-state index is 0.161. The van der Waals surface area contributed by atoms with Crippen molar-refractivity contribution in [3.05, 3.63) is 35.8 Å². The van der Waals surface area contributed by atoms with Gasteiger partial charge in [-0.3, -0.25) is 4.79 Å². The van der Waals surface area contributed by atoms with E-state index in [9.17, 15) is 9.18 Å². The van der Waals surface area contributed by atoms with Crippen LogP contribution in [0.25, 0.3) is 10.9 Å². The summed E-state index contributed by atoms with van der Waals surface area (Å²) in [6, 6.07) is 4.35. The number of fused-ring (bicyclic) bond motifs is 1. The molecule has 0 amide bonds. The van der Waals surface area contributed by atoms with Crippen LogP contribution in [0.4, 0.5) is 4.39 Å². The minimum atomic E-state index is -0.960. The van der Waals surface area contributed by atoms with Gasteiger partial charge < -0.3 is 10.1 Å². The smallest absolute Gasteiger partial charge is 0.307 e. The van der Waals surface area contributed by atoms with Gasteiger partial charge in [-0.15, -0.1) is 0 Å². The lowest BCUT2D eigenvalue weighted by molar-refractivity contribution is -0.136. The second-order valence-corrected chi connectivity index (χ2v) is 3.07. The summed E-state index contributed by atoms with van der Waals surface area (Å²) < 4.78 is 13.0. The van der Waals surface area contributed by atoms with Crippen LogP contribution in [0, 0.1) is 5.82 Å². The average molecular weight is 193 g/mol. The maximum absolute atomic E-state index is 13.0. The molecule has 0 saturated carbocycles.